The first-order valence-corrected chi connectivity index (χ1v) is 11.1. The van der Waals surface area contributed by atoms with Crippen molar-refractivity contribution in [2.45, 2.75) is 0 Å². The monoisotopic (exact) mass is 476 g/mol. The second-order valence-corrected chi connectivity index (χ2v) is 8.46. The summed E-state index contributed by atoms with van der Waals surface area (Å²) in [4.78, 5) is 9.19. The molecular formula is C27H17ClN6O. The molecule has 0 saturated heterocycles. The molecule has 6 aromatic rings. The molecule has 1 N–H and O–H groups in total. The molecule has 3 heterocycles. The standard InChI is InChI=1S/C27H17ClN6O/c1-15(20-8-11-23-25(13-20)35-27(30-23)26-31-33-34-32-26)18-4-3-5-19(12-18)16(2)22-10-7-17-6-9-21(28)14-24(17)29-22/h3-14H,1-2H2,(H,31,32,33,34). The van der Waals surface area contributed by atoms with Crippen LogP contribution in [-0.4, -0.2) is 30.6 Å². The van der Waals surface area contributed by atoms with Crippen molar-refractivity contribution >= 4 is 44.7 Å². The van der Waals surface area contributed by atoms with Gasteiger partial charge in [-0.25, -0.2) is 15.1 Å². The molecule has 35 heavy (non-hydrogen) atoms. The van der Waals surface area contributed by atoms with Gasteiger partial charge in [-0.05, 0) is 69.1 Å². The summed E-state index contributed by atoms with van der Waals surface area (Å²) in [6, 6.07) is 23.5. The van der Waals surface area contributed by atoms with Crippen LogP contribution in [0, 0.1) is 0 Å². The van der Waals surface area contributed by atoms with Crippen LogP contribution < -0.4 is 0 Å². The number of nitrogens with zero attached hydrogens (tertiary/aromatic N) is 5. The van der Waals surface area contributed by atoms with Gasteiger partial charge in [-0.1, -0.05) is 61.2 Å². The Morgan fingerprint density at radius 2 is 1.60 bits per heavy atom. The van der Waals surface area contributed by atoms with E-state index in [1.165, 1.54) is 0 Å². The smallest absolute Gasteiger partial charge is 0.267 e. The van der Waals surface area contributed by atoms with Crippen LogP contribution in [0.5, 0.6) is 0 Å². The first-order chi connectivity index (χ1) is 17.0. The average molecular weight is 477 g/mol. The van der Waals surface area contributed by atoms with E-state index in [9.17, 15) is 0 Å². The Hall–Kier alpha value is -4.62. The van der Waals surface area contributed by atoms with Crippen LogP contribution in [-0.2, 0) is 0 Å². The fourth-order valence-corrected chi connectivity index (χ4v) is 4.10. The van der Waals surface area contributed by atoms with E-state index >= 15 is 0 Å². The maximum atomic E-state index is 6.15. The minimum Gasteiger partial charge on any atom is -0.433 e. The number of nitrogens with one attached hydrogen (secondary N) is 1. The van der Waals surface area contributed by atoms with E-state index in [1.807, 2.05) is 66.7 Å². The first kappa shape index (κ1) is 20.9. The molecule has 0 aliphatic rings. The van der Waals surface area contributed by atoms with Gasteiger partial charge in [0, 0.05) is 16.0 Å². The number of aromatic amines is 1. The van der Waals surface area contributed by atoms with Gasteiger partial charge < -0.3 is 4.42 Å². The van der Waals surface area contributed by atoms with Gasteiger partial charge in [0.25, 0.3) is 5.89 Å². The summed E-state index contributed by atoms with van der Waals surface area (Å²) in [5, 5.41) is 15.3. The van der Waals surface area contributed by atoms with Crippen molar-refractivity contribution in [3.63, 3.8) is 0 Å². The Bertz CT molecular complexity index is 1750. The van der Waals surface area contributed by atoms with Crippen LogP contribution in [0.2, 0.25) is 5.02 Å². The van der Waals surface area contributed by atoms with Gasteiger partial charge in [-0.15, -0.1) is 5.10 Å². The predicted molar refractivity (Wildman–Crippen MR) is 137 cm³/mol. The van der Waals surface area contributed by atoms with Crippen molar-refractivity contribution in [3.8, 4) is 11.7 Å². The molecule has 3 aromatic carbocycles. The highest BCUT2D eigenvalue weighted by molar-refractivity contribution is 6.31. The van der Waals surface area contributed by atoms with Crippen LogP contribution in [0.15, 0.2) is 90.4 Å². The third-order valence-corrected chi connectivity index (χ3v) is 6.04. The summed E-state index contributed by atoms with van der Waals surface area (Å²) >= 11 is 6.15. The summed E-state index contributed by atoms with van der Waals surface area (Å²) < 4.78 is 5.84. The van der Waals surface area contributed by atoms with E-state index < -0.39 is 0 Å². The van der Waals surface area contributed by atoms with Gasteiger partial charge in [0.1, 0.15) is 5.52 Å². The maximum Gasteiger partial charge on any atom is 0.267 e. The number of hydrogen-bond acceptors (Lipinski definition) is 6. The number of oxazole rings is 1. The number of tetrazole rings is 1. The molecule has 168 valence electrons. The van der Waals surface area contributed by atoms with Gasteiger partial charge in [-0.3, -0.25) is 0 Å². The fraction of sp³-hybridized carbons (Fsp3) is 0. The lowest BCUT2D eigenvalue weighted by atomic mass is 9.95. The molecule has 0 aliphatic heterocycles. The summed E-state index contributed by atoms with van der Waals surface area (Å²) in [6.45, 7) is 8.62. The normalized spacial score (nSPS) is 11.2. The highest BCUT2D eigenvalue weighted by Crippen LogP contribution is 2.30. The molecule has 0 saturated carbocycles. The van der Waals surface area contributed by atoms with Crippen molar-refractivity contribution in [1.82, 2.24) is 30.6 Å². The largest absolute Gasteiger partial charge is 0.433 e. The Balaban J connectivity index is 1.31. The van der Waals surface area contributed by atoms with Gasteiger partial charge >= 0.3 is 0 Å². The summed E-state index contributed by atoms with van der Waals surface area (Å²) in [5.74, 6) is 0.701. The minimum atomic E-state index is 0.329. The molecule has 7 nitrogen and oxygen atoms in total. The highest BCUT2D eigenvalue weighted by atomic mass is 35.5. The van der Waals surface area contributed by atoms with Gasteiger partial charge in [0.2, 0.25) is 5.82 Å². The summed E-state index contributed by atoms with van der Waals surface area (Å²) in [6.07, 6.45) is 0. The minimum absolute atomic E-state index is 0.329. The van der Waals surface area contributed by atoms with E-state index in [1.54, 1.807) is 0 Å². The number of hydrogen-bond donors (Lipinski definition) is 1. The number of fused-ring (bicyclic) bond motifs is 2. The third kappa shape index (κ3) is 3.88. The van der Waals surface area contributed by atoms with Crippen molar-refractivity contribution in [2.24, 2.45) is 0 Å². The van der Waals surface area contributed by atoms with Crippen LogP contribution in [0.3, 0.4) is 0 Å². The lowest BCUT2D eigenvalue weighted by Gasteiger charge is -2.11. The lowest BCUT2D eigenvalue weighted by Crippen LogP contribution is -1.93. The van der Waals surface area contributed by atoms with E-state index in [-0.39, 0.29) is 0 Å². The topological polar surface area (TPSA) is 93.4 Å². The Morgan fingerprint density at radius 3 is 2.43 bits per heavy atom. The van der Waals surface area contributed by atoms with E-state index in [0.29, 0.717) is 27.8 Å². The van der Waals surface area contributed by atoms with Crippen molar-refractivity contribution in [3.05, 3.63) is 113 Å². The zero-order valence-electron chi connectivity index (χ0n) is 18.4. The van der Waals surface area contributed by atoms with Gasteiger partial charge in [0.15, 0.2) is 5.58 Å². The molecule has 3 aromatic heterocycles. The molecule has 6 rings (SSSR count). The van der Waals surface area contributed by atoms with E-state index in [4.69, 9.17) is 21.0 Å². The number of H-pyrrole nitrogens is 1. The molecule has 0 fully saturated rings. The average Bonchev–Trinajstić information content (AvgIpc) is 3.57. The Morgan fingerprint density at radius 1 is 0.800 bits per heavy atom. The molecule has 0 spiro atoms. The molecule has 0 bridgehead atoms. The Kier molecular flexibility index (Phi) is 4.97. The first-order valence-electron chi connectivity index (χ1n) is 10.8. The maximum absolute atomic E-state index is 6.15. The number of halogens is 1. The van der Waals surface area contributed by atoms with Crippen LogP contribution >= 0.6 is 11.6 Å². The molecule has 0 aliphatic carbocycles. The van der Waals surface area contributed by atoms with Crippen LogP contribution in [0.25, 0.3) is 44.9 Å². The number of pyridine rings is 1. The van der Waals surface area contributed by atoms with Crippen molar-refractivity contribution in [2.75, 3.05) is 0 Å². The summed E-state index contributed by atoms with van der Waals surface area (Å²) in [5.41, 5.74) is 7.45. The van der Waals surface area contributed by atoms with Crippen molar-refractivity contribution in [1.29, 1.82) is 0 Å². The molecule has 0 unspecified atom stereocenters. The lowest BCUT2D eigenvalue weighted by molar-refractivity contribution is 0.613. The zero-order chi connectivity index (χ0) is 23.9. The van der Waals surface area contributed by atoms with E-state index in [2.05, 4.69) is 44.8 Å². The zero-order valence-corrected chi connectivity index (χ0v) is 19.1. The van der Waals surface area contributed by atoms with E-state index in [0.717, 1.165) is 44.4 Å². The highest BCUT2D eigenvalue weighted by Gasteiger charge is 2.14. The van der Waals surface area contributed by atoms with Crippen molar-refractivity contribution < 1.29 is 4.42 Å². The molecule has 0 atom stereocenters. The fourth-order valence-electron chi connectivity index (χ4n) is 3.93. The molecular weight excluding hydrogens is 460 g/mol. The molecule has 8 heteroatoms. The second-order valence-electron chi connectivity index (χ2n) is 8.02. The number of benzene rings is 3. The third-order valence-electron chi connectivity index (χ3n) is 5.81. The Labute approximate surface area is 204 Å². The SMILES string of the molecule is C=C(c1cccc(C(=C)c2ccc3ccc(Cl)cc3n2)c1)c1ccc2nc(-c3nnn[nH]3)oc2c1. The van der Waals surface area contributed by atoms with Gasteiger partial charge in [0.05, 0.1) is 11.2 Å². The quantitative estimate of drug-likeness (QED) is 0.312. The predicted octanol–water partition coefficient (Wildman–Crippen LogP) is 6.33. The van der Waals surface area contributed by atoms with Crippen LogP contribution in [0.1, 0.15) is 22.4 Å². The molecule has 0 amide bonds. The van der Waals surface area contributed by atoms with Crippen LogP contribution in [0.4, 0.5) is 0 Å². The number of rotatable bonds is 5. The second kappa shape index (κ2) is 8.30. The molecule has 0 radical (unpaired) electrons. The van der Waals surface area contributed by atoms with Gasteiger partial charge in [-0.2, -0.15) is 0 Å². The summed E-state index contributed by atoms with van der Waals surface area (Å²) in [7, 11) is 0. The number of aromatic nitrogens is 6.